The van der Waals surface area contributed by atoms with Gasteiger partial charge in [0.15, 0.2) is 5.16 Å². The van der Waals surface area contributed by atoms with E-state index in [9.17, 15) is 4.79 Å². The van der Waals surface area contributed by atoms with Crippen molar-refractivity contribution >= 4 is 40.9 Å². The lowest BCUT2D eigenvalue weighted by Gasteiger charge is -2.10. The summed E-state index contributed by atoms with van der Waals surface area (Å²) in [6, 6.07) is 19.9. The van der Waals surface area contributed by atoms with Gasteiger partial charge in [-0.3, -0.25) is 9.20 Å². The molecule has 1 N–H and O–H groups in total. The number of anilines is 1. The van der Waals surface area contributed by atoms with Crippen molar-refractivity contribution in [2.24, 2.45) is 0 Å². The molecule has 8 heteroatoms. The third-order valence-corrected chi connectivity index (χ3v) is 6.14. The lowest BCUT2D eigenvalue weighted by Crippen LogP contribution is -2.15. The second-order valence-corrected chi connectivity index (χ2v) is 8.46. The maximum atomic E-state index is 12.6. The van der Waals surface area contributed by atoms with Gasteiger partial charge in [-0.25, -0.2) is 4.98 Å². The van der Waals surface area contributed by atoms with Crippen molar-refractivity contribution in [2.45, 2.75) is 28.8 Å². The predicted octanol–water partition coefficient (Wildman–Crippen LogP) is 4.62. The number of carbonyl (C=O) groups is 1. The molecule has 0 saturated carbocycles. The third kappa shape index (κ3) is 4.60. The van der Waals surface area contributed by atoms with E-state index in [-0.39, 0.29) is 11.7 Å². The molecule has 0 aliphatic rings. The van der Waals surface area contributed by atoms with Crippen molar-refractivity contribution in [3.63, 3.8) is 0 Å². The summed E-state index contributed by atoms with van der Waals surface area (Å²) in [5.41, 5.74) is 2.68. The third-order valence-electron chi connectivity index (χ3n) is 4.13. The molecular formula is C21H19N5OS2. The summed E-state index contributed by atoms with van der Waals surface area (Å²) in [5.74, 6) is 0.693. The van der Waals surface area contributed by atoms with Gasteiger partial charge in [0.2, 0.25) is 5.91 Å². The van der Waals surface area contributed by atoms with Crippen LogP contribution in [0.5, 0.6) is 0 Å². The van der Waals surface area contributed by atoms with Gasteiger partial charge in [0.1, 0.15) is 0 Å². The van der Waals surface area contributed by atoms with E-state index in [0.717, 1.165) is 26.9 Å². The molecule has 0 unspecified atom stereocenters. The van der Waals surface area contributed by atoms with Gasteiger partial charge in [-0.15, -0.1) is 10.2 Å². The molecule has 0 aliphatic heterocycles. The Morgan fingerprint density at radius 1 is 1.03 bits per heavy atom. The largest absolute Gasteiger partial charge is 0.324 e. The van der Waals surface area contributed by atoms with E-state index in [0.29, 0.717) is 10.9 Å². The van der Waals surface area contributed by atoms with Crippen LogP contribution < -0.4 is 5.32 Å². The van der Waals surface area contributed by atoms with Gasteiger partial charge in [0, 0.05) is 21.2 Å². The predicted molar refractivity (Wildman–Crippen MR) is 117 cm³/mol. The molecule has 0 aliphatic carbocycles. The molecule has 4 aromatic rings. The smallest absolute Gasteiger partial charge is 0.256 e. The highest BCUT2D eigenvalue weighted by Gasteiger charge is 2.13. The number of amides is 1. The highest BCUT2D eigenvalue weighted by molar-refractivity contribution is 8.00. The fourth-order valence-corrected chi connectivity index (χ4v) is 4.59. The molecule has 2 aromatic carbocycles. The second-order valence-electron chi connectivity index (χ2n) is 6.41. The minimum atomic E-state index is -0.0921. The number of carbonyl (C=O) groups excluding carboxylic acids is 1. The van der Waals surface area contributed by atoms with Crippen molar-refractivity contribution in [2.75, 3.05) is 11.1 Å². The zero-order chi connectivity index (χ0) is 20.2. The summed E-state index contributed by atoms with van der Waals surface area (Å²) in [6.45, 7) is 3.90. The number of aromatic nitrogens is 4. The molecule has 0 atom stereocenters. The van der Waals surface area contributed by atoms with Gasteiger partial charge in [0.25, 0.3) is 5.78 Å². The summed E-state index contributed by atoms with van der Waals surface area (Å²) >= 11 is 2.97. The number of hydrogen-bond acceptors (Lipinski definition) is 6. The molecule has 0 spiro atoms. The number of aryl methyl sites for hydroxylation is 2. The standard InChI is InChI=1S/C21H19N5OS2/c1-14-12-15(2)26-20(22-14)24-25-21(26)28-13-19(27)23-17-10-6-7-11-18(17)29-16-8-4-3-5-9-16/h3-12H,13H2,1-2H3,(H,23,27). The number of nitrogens with one attached hydrogen (secondary N) is 1. The Morgan fingerprint density at radius 3 is 2.62 bits per heavy atom. The van der Waals surface area contributed by atoms with Crippen molar-refractivity contribution in [3.05, 3.63) is 72.1 Å². The molecule has 4 rings (SSSR count). The number of hydrogen-bond donors (Lipinski definition) is 1. The molecule has 0 saturated heterocycles. The van der Waals surface area contributed by atoms with Gasteiger partial charge < -0.3 is 5.32 Å². The Labute approximate surface area is 177 Å². The molecule has 29 heavy (non-hydrogen) atoms. The van der Waals surface area contributed by atoms with Crippen LogP contribution in [0, 0.1) is 13.8 Å². The van der Waals surface area contributed by atoms with Crippen LogP contribution in [0.3, 0.4) is 0 Å². The van der Waals surface area contributed by atoms with E-state index in [1.54, 1.807) is 11.8 Å². The Bertz CT molecular complexity index is 1160. The van der Waals surface area contributed by atoms with Gasteiger partial charge >= 0.3 is 0 Å². The molecule has 0 fully saturated rings. The van der Waals surface area contributed by atoms with Gasteiger partial charge in [0.05, 0.1) is 11.4 Å². The van der Waals surface area contributed by atoms with E-state index in [1.807, 2.05) is 78.9 Å². The van der Waals surface area contributed by atoms with Crippen LogP contribution in [-0.2, 0) is 4.79 Å². The summed E-state index contributed by atoms with van der Waals surface area (Å²) < 4.78 is 1.87. The zero-order valence-electron chi connectivity index (χ0n) is 16.0. The SMILES string of the molecule is Cc1cc(C)n2c(SCC(=O)Nc3ccccc3Sc3ccccc3)nnc2n1. The van der Waals surface area contributed by atoms with Crippen LogP contribution in [0.4, 0.5) is 5.69 Å². The number of thioether (sulfide) groups is 1. The van der Waals surface area contributed by atoms with E-state index in [1.165, 1.54) is 11.8 Å². The fourth-order valence-electron chi connectivity index (χ4n) is 2.88. The van der Waals surface area contributed by atoms with Crippen LogP contribution in [0.1, 0.15) is 11.4 Å². The molecule has 1 amide bonds. The zero-order valence-corrected chi connectivity index (χ0v) is 17.6. The lowest BCUT2D eigenvalue weighted by molar-refractivity contribution is -0.113. The van der Waals surface area contributed by atoms with E-state index in [2.05, 4.69) is 20.5 Å². The monoisotopic (exact) mass is 421 g/mol. The van der Waals surface area contributed by atoms with Gasteiger partial charge in [-0.2, -0.15) is 0 Å². The second kappa shape index (κ2) is 8.67. The molecule has 6 nitrogen and oxygen atoms in total. The molecule has 2 aromatic heterocycles. The lowest BCUT2D eigenvalue weighted by atomic mass is 10.3. The Morgan fingerprint density at radius 2 is 1.79 bits per heavy atom. The average molecular weight is 422 g/mol. The normalized spacial score (nSPS) is 11.0. The Hall–Kier alpha value is -2.84. The minimum Gasteiger partial charge on any atom is -0.324 e. The molecule has 0 bridgehead atoms. The van der Waals surface area contributed by atoms with Crippen molar-refractivity contribution < 1.29 is 4.79 Å². The molecular weight excluding hydrogens is 402 g/mol. The first kappa shape index (κ1) is 19.5. The van der Waals surface area contributed by atoms with Gasteiger partial charge in [-0.05, 0) is 44.2 Å². The highest BCUT2D eigenvalue weighted by atomic mass is 32.2. The van der Waals surface area contributed by atoms with Crippen LogP contribution in [-0.4, -0.2) is 31.2 Å². The summed E-state index contributed by atoms with van der Waals surface area (Å²) in [7, 11) is 0. The van der Waals surface area contributed by atoms with E-state index >= 15 is 0 Å². The van der Waals surface area contributed by atoms with Crippen LogP contribution in [0.25, 0.3) is 5.78 Å². The number of para-hydroxylation sites is 1. The quantitative estimate of drug-likeness (QED) is 0.458. The number of benzene rings is 2. The maximum Gasteiger partial charge on any atom is 0.256 e. The summed E-state index contributed by atoms with van der Waals surface area (Å²) in [6.07, 6.45) is 0. The maximum absolute atomic E-state index is 12.6. The van der Waals surface area contributed by atoms with Crippen LogP contribution >= 0.6 is 23.5 Å². The summed E-state index contributed by atoms with van der Waals surface area (Å²) in [4.78, 5) is 19.1. The Balaban J connectivity index is 1.45. The number of rotatable bonds is 6. The average Bonchev–Trinajstić information content (AvgIpc) is 3.12. The Kier molecular flexibility index (Phi) is 5.82. The minimum absolute atomic E-state index is 0.0921. The molecule has 146 valence electrons. The highest BCUT2D eigenvalue weighted by Crippen LogP contribution is 2.33. The topological polar surface area (TPSA) is 72.2 Å². The first-order chi connectivity index (χ1) is 14.1. The first-order valence-electron chi connectivity index (χ1n) is 9.04. The first-order valence-corrected chi connectivity index (χ1v) is 10.8. The summed E-state index contributed by atoms with van der Waals surface area (Å²) in [5, 5.41) is 12.0. The van der Waals surface area contributed by atoms with Crippen molar-refractivity contribution in [1.82, 2.24) is 19.6 Å². The van der Waals surface area contributed by atoms with Crippen molar-refractivity contribution in [1.29, 1.82) is 0 Å². The van der Waals surface area contributed by atoms with Crippen LogP contribution in [0.15, 0.2) is 75.6 Å². The molecule has 2 heterocycles. The van der Waals surface area contributed by atoms with Gasteiger partial charge in [-0.1, -0.05) is 53.9 Å². The fraction of sp³-hybridized carbons (Fsp3) is 0.143. The van der Waals surface area contributed by atoms with E-state index < -0.39 is 0 Å². The van der Waals surface area contributed by atoms with E-state index in [4.69, 9.17) is 0 Å². The number of fused-ring (bicyclic) bond motifs is 1. The number of nitrogens with zero attached hydrogens (tertiary/aromatic N) is 4. The van der Waals surface area contributed by atoms with Crippen molar-refractivity contribution in [3.8, 4) is 0 Å². The van der Waals surface area contributed by atoms with Crippen LogP contribution in [0.2, 0.25) is 0 Å². The molecule has 0 radical (unpaired) electrons.